The summed E-state index contributed by atoms with van der Waals surface area (Å²) in [4.78, 5) is 44.4. The third-order valence-electron chi connectivity index (χ3n) is 5.28. The quantitative estimate of drug-likeness (QED) is 0.620. The number of hydrogen-bond donors (Lipinski definition) is 2. The van der Waals surface area contributed by atoms with Crippen LogP contribution in [0.3, 0.4) is 0 Å². The molecule has 0 aliphatic heterocycles. The van der Waals surface area contributed by atoms with Gasteiger partial charge in [-0.3, -0.25) is 19.1 Å². The normalized spacial score (nSPS) is 11.3. The van der Waals surface area contributed by atoms with Crippen molar-refractivity contribution in [3.05, 3.63) is 50.2 Å². The zero-order valence-corrected chi connectivity index (χ0v) is 20.4. The van der Waals surface area contributed by atoms with E-state index in [1.807, 2.05) is 65.5 Å². The summed E-state index contributed by atoms with van der Waals surface area (Å²) >= 11 is 0. The van der Waals surface area contributed by atoms with E-state index in [1.54, 1.807) is 0 Å². The maximum atomic E-state index is 13.5. The van der Waals surface area contributed by atoms with Crippen molar-refractivity contribution in [3.63, 3.8) is 0 Å². The van der Waals surface area contributed by atoms with Gasteiger partial charge in [-0.25, -0.2) is 4.79 Å². The number of hydrogen-bond acceptors (Lipinski definition) is 5. The number of nitrogens with zero attached hydrogens (tertiary/aromatic N) is 3. The molecule has 0 bridgehead atoms. The zero-order valence-electron chi connectivity index (χ0n) is 20.4. The molecule has 0 saturated heterocycles. The Morgan fingerprint density at radius 3 is 2.31 bits per heavy atom. The van der Waals surface area contributed by atoms with Gasteiger partial charge in [-0.15, -0.1) is 0 Å². The smallest absolute Gasteiger partial charge is 0.330 e. The molecule has 0 saturated carbocycles. The third-order valence-corrected chi connectivity index (χ3v) is 5.28. The molecule has 32 heavy (non-hydrogen) atoms. The number of carbonyl (C=O) groups is 1. The van der Waals surface area contributed by atoms with Gasteiger partial charge < -0.3 is 15.5 Å². The Morgan fingerprint density at radius 1 is 1.12 bits per heavy atom. The van der Waals surface area contributed by atoms with Crippen LogP contribution >= 0.6 is 0 Å². The molecule has 0 radical (unpaired) electrons. The fourth-order valence-corrected chi connectivity index (χ4v) is 3.84. The highest BCUT2D eigenvalue weighted by atomic mass is 16.2. The molecule has 1 heterocycles. The van der Waals surface area contributed by atoms with Gasteiger partial charge >= 0.3 is 5.69 Å². The summed E-state index contributed by atoms with van der Waals surface area (Å²) in [5.41, 5.74) is 8.35. The number of carbonyl (C=O) groups excluding carboxylic acids is 1. The second-order valence-electron chi connectivity index (χ2n) is 9.20. The largest absolute Gasteiger partial charge is 0.383 e. The molecule has 0 spiro atoms. The lowest BCUT2D eigenvalue weighted by Crippen LogP contribution is -2.47. The minimum Gasteiger partial charge on any atom is -0.383 e. The molecular weight excluding hydrogens is 406 g/mol. The second-order valence-corrected chi connectivity index (χ2v) is 9.20. The van der Waals surface area contributed by atoms with Crippen LogP contribution < -0.4 is 26.8 Å². The number of likely N-dealkylation sites (N-methyl/N-ethyl adjacent to an activating group) is 1. The summed E-state index contributed by atoms with van der Waals surface area (Å²) in [7, 11) is 0. The molecule has 2 aromatic rings. The molecule has 1 amide bonds. The van der Waals surface area contributed by atoms with E-state index in [-0.39, 0.29) is 35.8 Å². The van der Waals surface area contributed by atoms with Crippen molar-refractivity contribution in [2.24, 2.45) is 11.8 Å². The first-order valence-electron chi connectivity index (χ1n) is 11.2. The van der Waals surface area contributed by atoms with Crippen LogP contribution in [0.4, 0.5) is 17.2 Å². The lowest BCUT2D eigenvalue weighted by atomic mass is 10.1. The van der Waals surface area contributed by atoms with E-state index in [2.05, 4.69) is 11.1 Å². The molecule has 8 nitrogen and oxygen atoms in total. The van der Waals surface area contributed by atoms with E-state index in [4.69, 9.17) is 5.73 Å². The molecule has 3 N–H and O–H groups in total. The van der Waals surface area contributed by atoms with Crippen LogP contribution in [0.5, 0.6) is 0 Å². The number of rotatable bonds is 9. The number of aromatic nitrogens is 2. The summed E-state index contributed by atoms with van der Waals surface area (Å²) in [5, 5.41) is 0. The number of nitrogen functional groups attached to an aromatic ring is 1. The number of benzene rings is 1. The predicted octanol–water partition coefficient (Wildman–Crippen LogP) is 2.91. The average molecular weight is 444 g/mol. The molecule has 1 aromatic carbocycles. The third kappa shape index (κ3) is 5.81. The van der Waals surface area contributed by atoms with Crippen molar-refractivity contribution >= 4 is 23.1 Å². The van der Waals surface area contributed by atoms with Crippen LogP contribution in [0.25, 0.3) is 0 Å². The summed E-state index contributed by atoms with van der Waals surface area (Å²) in [6, 6.07) is 6.11. The molecule has 0 aliphatic carbocycles. The van der Waals surface area contributed by atoms with Crippen molar-refractivity contribution < 1.29 is 4.79 Å². The first-order chi connectivity index (χ1) is 15.0. The van der Waals surface area contributed by atoms with Gasteiger partial charge in [-0.2, -0.15) is 0 Å². The zero-order chi connectivity index (χ0) is 24.2. The maximum absolute atomic E-state index is 13.5. The Morgan fingerprint density at radius 2 is 1.78 bits per heavy atom. The van der Waals surface area contributed by atoms with Gasteiger partial charge in [0.1, 0.15) is 5.82 Å². The number of amides is 1. The number of aromatic amines is 1. The molecule has 1 aromatic heterocycles. The van der Waals surface area contributed by atoms with Crippen molar-refractivity contribution in [2.75, 3.05) is 35.2 Å². The van der Waals surface area contributed by atoms with Crippen molar-refractivity contribution in [2.45, 2.75) is 55.0 Å². The number of aryl methyl sites for hydroxylation is 2. The van der Waals surface area contributed by atoms with E-state index in [9.17, 15) is 14.4 Å². The van der Waals surface area contributed by atoms with Crippen LogP contribution in [-0.4, -0.2) is 35.1 Å². The summed E-state index contributed by atoms with van der Waals surface area (Å²) in [6.07, 6.45) is 0. The standard InChI is InChI=1S/C24H37N5O3/c1-8-27(19-10-9-17(6)11-18(19)7)14-20(30)28(12-15(2)3)21-22(25)29(13-16(4)5)24(32)26-23(21)31/h9-11,15-16H,8,12-14,25H2,1-7H3,(H,26,31,32). The van der Waals surface area contributed by atoms with Crippen LogP contribution in [0.2, 0.25) is 0 Å². The van der Waals surface area contributed by atoms with Crippen LogP contribution in [0, 0.1) is 25.7 Å². The molecule has 0 atom stereocenters. The first kappa shape index (κ1) is 25.2. The molecule has 8 heteroatoms. The van der Waals surface area contributed by atoms with E-state index in [0.29, 0.717) is 19.6 Å². The van der Waals surface area contributed by atoms with Gasteiger partial charge in [-0.1, -0.05) is 45.4 Å². The van der Waals surface area contributed by atoms with Crippen LogP contribution in [-0.2, 0) is 11.3 Å². The fourth-order valence-electron chi connectivity index (χ4n) is 3.84. The van der Waals surface area contributed by atoms with E-state index in [0.717, 1.165) is 16.8 Å². The Balaban J connectivity index is 2.51. The Labute approximate surface area is 190 Å². The minimum atomic E-state index is -0.643. The average Bonchev–Trinajstić information content (AvgIpc) is 2.68. The summed E-state index contributed by atoms with van der Waals surface area (Å²) in [6.45, 7) is 15.3. The number of nitrogens with two attached hydrogens (primary N) is 1. The molecule has 0 fully saturated rings. The number of anilines is 3. The van der Waals surface area contributed by atoms with Crippen molar-refractivity contribution in [1.29, 1.82) is 0 Å². The second kappa shape index (κ2) is 10.5. The van der Waals surface area contributed by atoms with E-state index < -0.39 is 11.2 Å². The summed E-state index contributed by atoms with van der Waals surface area (Å²) < 4.78 is 1.34. The Bertz CT molecular complexity index is 1070. The van der Waals surface area contributed by atoms with Crippen LogP contribution in [0.1, 0.15) is 45.7 Å². The maximum Gasteiger partial charge on any atom is 0.330 e. The number of H-pyrrole nitrogens is 1. The minimum absolute atomic E-state index is 0.0241. The lowest BCUT2D eigenvalue weighted by Gasteiger charge is -2.30. The molecule has 0 unspecified atom stereocenters. The molecular formula is C24H37N5O3. The lowest BCUT2D eigenvalue weighted by molar-refractivity contribution is -0.117. The van der Waals surface area contributed by atoms with Crippen molar-refractivity contribution in [3.8, 4) is 0 Å². The monoisotopic (exact) mass is 443 g/mol. The topological polar surface area (TPSA) is 104 Å². The molecule has 176 valence electrons. The Kier molecular flexibility index (Phi) is 8.30. The Hall–Kier alpha value is -3.03. The van der Waals surface area contributed by atoms with E-state index >= 15 is 0 Å². The molecule has 0 aliphatic rings. The fraction of sp³-hybridized carbons (Fsp3) is 0.542. The molecule has 2 rings (SSSR count). The van der Waals surface area contributed by atoms with Gasteiger partial charge in [0.2, 0.25) is 5.91 Å². The van der Waals surface area contributed by atoms with Gasteiger partial charge in [0.25, 0.3) is 5.56 Å². The van der Waals surface area contributed by atoms with Gasteiger partial charge in [0, 0.05) is 25.3 Å². The highest BCUT2D eigenvalue weighted by molar-refractivity contribution is 5.98. The number of nitrogens with one attached hydrogen (secondary N) is 1. The van der Waals surface area contributed by atoms with Crippen LogP contribution in [0.15, 0.2) is 27.8 Å². The highest BCUT2D eigenvalue weighted by Crippen LogP contribution is 2.23. The first-order valence-corrected chi connectivity index (χ1v) is 11.2. The van der Waals surface area contributed by atoms with E-state index in [1.165, 1.54) is 9.47 Å². The van der Waals surface area contributed by atoms with Gasteiger partial charge in [-0.05, 0) is 44.2 Å². The van der Waals surface area contributed by atoms with Gasteiger partial charge in [0.05, 0.1) is 6.54 Å². The SMILES string of the molecule is CCN(CC(=O)N(CC(C)C)c1c(N)n(CC(C)C)c(=O)[nH]c1=O)c1ccc(C)cc1C. The summed E-state index contributed by atoms with van der Waals surface area (Å²) in [5.74, 6) is 0.0194. The van der Waals surface area contributed by atoms with Crippen molar-refractivity contribution in [1.82, 2.24) is 9.55 Å². The highest BCUT2D eigenvalue weighted by Gasteiger charge is 2.26. The van der Waals surface area contributed by atoms with Gasteiger partial charge in [0.15, 0.2) is 5.69 Å². The predicted molar refractivity (Wildman–Crippen MR) is 132 cm³/mol.